The number of hydrogen-bond donors (Lipinski definition) is 0. The number of fused-ring (bicyclic) bond motifs is 1. The minimum atomic E-state index is -3.65. The minimum Gasteiger partial charge on any atom is -0.322 e. The third kappa shape index (κ3) is 3.22. The zero-order chi connectivity index (χ0) is 20.9. The molecule has 1 aliphatic rings. The monoisotopic (exact) mass is 435 g/mol. The van der Waals surface area contributed by atoms with E-state index in [0.29, 0.717) is 12.3 Å². The molecule has 11 heteroatoms. The Morgan fingerprint density at radius 2 is 1.83 bits per heavy atom. The first kappa shape index (κ1) is 19.9. The van der Waals surface area contributed by atoms with E-state index in [1.165, 1.54) is 34.0 Å². The van der Waals surface area contributed by atoms with Crippen LogP contribution < -0.4 is 11.2 Å². The van der Waals surface area contributed by atoms with Crippen molar-refractivity contribution in [1.29, 1.82) is 0 Å². The summed E-state index contributed by atoms with van der Waals surface area (Å²) in [6.45, 7) is 2.57. The molecular formula is C18H21N5O4S2. The molecule has 9 nitrogen and oxygen atoms in total. The average molecular weight is 436 g/mol. The fourth-order valence-corrected chi connectivity index (χ4v) is 6.68. The molecule has 1 aromatic carbocycles. The second-order valence-electron chi connectivity index (χ2n) is 7.03. The van der Waals surface area contributed by atoms with Crippen LogP contribution in [-0.4, -0.2) is 49.1 Å². The lowest BCUT2D eigenvalue weighted by atomic mass is 10.2. The number of rotatable bonds is 4. The number of benzene rings is 1. The molecule has 3 aromatic rings. The summed E-state index contributed by atoms with van der Waals surface area (Å²) in [6.07, 6.45) is 1.49. The lowest BCUT2D eigenvalue weighted by Gasteiger charge is -2.23. The van der Waals surface area contributed by atoms with Crippen molar-refractivity contribution in [1.82, 2.24) is 23.0 Å². The number of hydrogen-bond acceptors (Lipinski definition) is 6. The molecule has 4 rings (SSSR count). The van der Waals surface area contributed by atoms with Gasteiger partial charge in [0.25, 0.3) is 5.56 Å². The topological polar surface area (TPSA) is 99.2 Å². The lowest BCUT2D eigenvalue weighted by molar-refractivity contribution is 0.400. The smallest absolute Gasteiger partial charge is 0.322 e. The van der Waals surface area contributed by atoms with Gasteiger partial charge in [-0.1, -0.05) is 17.7 Å². The second kappa shape index (κ2) is 7.15. The summed E-state index contributed by atoms with van der Waals surface area (Å²) in [5, 5.41) is -0.374. The van der Waals surface area contributed by atoms with E-state index in [1.807, 2.05) is 6.92 Å². The van der Waals surface area contributed by atoms with Crippen LogP contribution in [-0.2, 0) is 30.7 Å². The fraction of sp³-hybridized carbons (Fsp3) is 0.389. The molecule has 1 unspecified atom stereocenters. The zero-order valence-corrected chi connectivity index (χ0v) is 17.9. The highest BCUT2D eigenvalue weighted by atomic mass is 32.2. The third-order valence-corrected chi connectivity index (χ3v) is 8.40. The van der Waals surface area contributed by atoms with E-state index in [1.54, 1.807) is 35.9 Å². The van der Waals surface area contributed by atoms with Crippen LogP contribution in [0.1, 0.15) is 5.56 Å². The van der Waals surface area contributed by atoms with E-state index in [-0.39, 0.29) is 28.0 Å². The first-order chi connectivity index (χ1) is 13.7. The maximum absolute atomic E-state index is 13.1. The molecule has 3 heterocycles. The Bertz CT molecular complexity index is 1310. The Morgan fingerprint density at radius 3 is 2.52 bits per heavy atom. The van der Waals surface area contributed by atoms with E-state index in [9.17, 15) is 18.0 Å². The van der Waals surface area contributed by atoms with Crippen LogP contribution in [0.4, 0.5) is 0 Å². The summed E-state index contributed by atoms with van der Waals surface area (Å²) in [5.41, 5.74) is 0.662. The number of thioether (sulfide) groups is 1. The normalized spacial score (nSPS) is 18.0. The van der Waals surface area contributed by atoms with Crippen LogP contribution in [0.2, 0.25) is 0 Å². The summed E-state index contributed by atoms with van der Waals surface area (Å²) in [5.74, 6) is 0.666. The van der Waals surface area contributed by atoms with E-state index >= 15 is 0 Å². The molecule has 0 N–H and O–H groups in total. The van der Waals surface area contributed by atoms with E-state index < -0.39 is 21.3 Å². The van der Waals surface area contributed by atoms with Gasteiger partial charge in [-0.3, -0.25) is 13.9 Å². The van der Waals surface area contributed by atoms with Gasteiger partial charge in [0, 0.05) is 26.4 Å². The standard InChI is InChI=1S/C18H21N5O4S2/c1-12-4-6-13(7-5-12)29(26,27)23-8-9-28-14(23)10-22-11-19-16-15(22)17(24)21(3)18(25)20(16)2/h4-7,11,14H,8-10H2,1-3H3. The molecule has 1 fully saturated rings. The highest BCUT2D eigenvalue weighted by Gasteiger charge is 2.36. The molecule has 1 saturated heterocycles. The molecule has 1 aliphatic heterocycles. The Morgan fingerprint density at radius 1 is 1.14 bits per heavy atom. The van der Waals surface area contributed by atoms with E-state index in [0.717, 1.165) is 10.1 Å². The number of imidazole rings is 1. The SMILES string of the molecule is Cc1ccc(S(=O)(=O)N2CCSC2Cn2cnc3c2c(=O)n(C)c(=O)n3C)cc1. The molecule has 0 bridgehead atoms. The number of nitrogens with zero attached hydrogens (tertiary/aromatic N) is 5. The number of aryl methyl sites for hydroxylation is 2. The van der Waals surface area contributed by atoms with Gasteiger partial charge < -0.3 is 4.57 Å². The Hall–Kier alpha value is -2.37. The van der Waals surface area contributed by atoms with Gasteiger partial charge in [-0.25, -0.2) is 18.2 Å². The molecule has 0 saturated carbocycles. The molecule has 1 atom stereocenters. The summed E-state index contributed by atoms with van der Waals surface area (Å²) in [4.78, 5) is 29.2. The summed E-state index contributed by atoms with van der Waals surface area (Å²) >= 11 is 1.52. The van der Waals surface area contributed by atoms with Crippen molar-refractivity contribution in [3.8, 4) is 0 Å². The van der Waals surface area contributed by atoms with Crippen LogP contribution in [0.25, 0.3) is 11.2 Å². The second-order valence-corrected chi connectivity index (χ2v) is 10.2. The highest BCUT2D eigenvalue weighted by molar-refractivity contribution is 8.01. The van der Waals surface area contributed by atoms with Gasteiger partial charge in [0.2, 0.25) is 10.0 Å². The van der Waals surface area contributed by atoms with Crippen molar-refractivity contribution in [2.24, 2.45) is 14.1 Å². The average Bonchev–Trinajstić information content (AvgIpc) is 3.33. The number of sulfonamides is 1. The van der Waals surface area contributed by atoms with Gasteiger partial charge in [-0.2, -0.15) is 4.31 Å². The van der Waals surface area contributed by atoms with Crippen LogP contribution in [0.15, 0.2) is 45.1 Å². The van der Waals surface area contributed by atoms with Crippen molar-refractivity contribution in [2.45, 2.75) is 23.7 Å². The van der Waals surface area contributed by atoms with Gasteiger partial charge in [-0.15, -0.1) is 11.8 Å². The molecule has 0 amide bonds. The molecule has 0 aliphatic carbocycles. The van der Waals surface area contributed by atoms with Crippen molar-refractivity contribution in [3.05, 3.63) is 57.0 Å². The first-order valence-corrected chi connectivity index (χ1v) is 11.5. The highest BCUT2D eigenvalue weighted by Crippen LogP contribution is 2.31. The van der Waals surface area contributed by atoms with E-state index in [2.05, 4.69) is 4.98 Å². The zero-order valence-electron chi connectivity index (χ0n) is 16.3. The molecule has 29 heavy (non-hydrogen) atoms. The molecule has 2 aromatic heterocycles. The van der Waals surface area contributed by atoms with Crippen LogP contribution in [0.5, 0.6) is 0 Å². The first-order valence-electron chi connectivity index (χ1n) is 9.03. The van der Waals surface area contributed by atoms with Crippen LogP contribution in [0.3, 0.4) is 0 Å². The molecule has 154 valence electrons. The van der Waals surface area contributed by atoms with Crippen LogP contribution >= 0.6 is 11.8 Å². The van der Waals surface area contributed by atoms with Crippen molar-refractivity contribution in [2.75, 3.05) is 12.3 Å². The lowest BCUT2D eigenvalue weighted by Crippen LogP contribution is -2.39. The summed E-state index contributed by atoms with van der Waals surface area (Å²) in [6, 6.07) is 6.78. The van der Waals surface area contributed by atoms with Crippen molar-refractivity contribution >= 4 is 32.9 Å². The number of aromatic nitrogens is 4. The van der Waals surface area contributed by atoms with Crippen molar-refractivity contribution in [3.63, 3.8) is 0 Å². The maximum atomic E-state index is 13.1. The molecular weight excluding hydrogens is 414 g/mol. The third-order valence-electron chi connectivity index (χ3n) is 5.14. The predicted molar refractivity (Wildman–Crippen MR) is 112 cm³/mol. The van der Waals surface area contributed by atoms with Gasteiger partial charge in [0.05, 0.1) is 23.1 Å². The Kier molecular flexibility index (Phi) is 4.91. The summed E-state index contributed by atoms with van der Waals surface area (Å²) in [7, 11) is -0.682. The largest absolute Gasteiger partial charge is 0.332 e. The van der Waals surface area contributed by atoms with Gasteiger partial charge in [-0.05, 0) is 19.1 Å². The predicted octanol–water partition coefficient (Wildman–Crippen LogP) is 0.506. The van der Waals surface area contributed by atoms with Gasteiger partial charge in [0.15, 0.2) is 11.2 Å². The van der Waals surface area contributed by atoms with Gasteiger partial charge in [0.1, 0.15) is 0 Å². The summed E-state index contributed by atoms with van der Waals surface area (Å²) < 4.78 is 31.7. The minimum absolute atomic E-state index is 0.254. The quantitative estimate of drug-likeness (QED) is 0.592. The Labute approximate surface area is 171 Å². The maximum Gasteiger partial charge on any atom is 0.332 e. The molecule has 0 radical (unpaired) electrons. The molecule has 0 spiro atoms. The van der Waals surface area contributed by atoms with Gasteiger partial charge >= 0.3 is 5.69 Å². The van der Waals surface area contributed by atoms with Crippen molar-refractivity contribution < 1.29 is 8.42 Å². The van der Waals surface area contributed by atoms with Crippen LogP contribution in [0, 0.1) is 6.92 Å². The Balaban J connectivity index is 1.72. The fourth-order valence-electron chi connectivity index (χ4n) is 3.47. The van der Waals surface area contributed by atoms with E-state index in [4.69, 9.17) is 0 Å².